The fourth-order valence-electron chi connectivity index (χ4n) is 1.25. The summed E-state index contributed by atoms with van der Waals surface area (Å²) >= 11 is 0. The molecule has 0 spiro atoms. The number of aliphatic hydroxyl groups excluding tert-OH is 1. The molecule has 16 heavy (non-hydrogen) atoms. The summed E-state index contributed by atoms with van der Waals surface area (Å²) in [6.45, 7) is 1.35. The van der Waals surface area contributed by atoms with Crippen LogP contribution in [0.2, 0.25) is 0 Å². The zero-order chi connectivity index (χ0) is 12.5. The molecule has 90 valence electrons. The van der Waals surface area contributed by atoms with Gasteiger partial charge in [-0.05, 0) is 24.6 Å². The van der Waals surface area contributed by atoms with Gasteiger partial charge in [0.25, 0.3) is 0 Å². The molecule has 2 unspecified atom stereocenters. The summed E-state index contributed by atoms with van der Waals surface area (Å²) in [7, 11) is 0. The van der Waals surface area contributed by atoms with Crippen LogP contribution in [-0.4, -0.2) is 11.2 Å². The third-order valence-corrected chi connectivity index (χ3v) is 2.20. The molecule has 1 aromatic carbocycles. The second kappa shape index (κ2) is 4.39. The minimum atomic E-state index is -4.77. The lowest BCUT2D eigenvalue weighted by molar-refractivity contribution is -0.140. The topological polar surface area (TPSA) is 46.2 Å². The molecular formula is C10H11F4NO. The number of benzene rings is 1. The van der Waals surface area contributed by atoms with E-state index in [0.29, 0.717) is 12.1 Å². The zero-order valence-corrected chi connectivity index (χ0v) is 8.42. The van der Waals surface area contributed by atoms with Crippen LogP contribution in [0, 0.1) is 5.82 Å². The number of halogens is 4. The molecule has 0 heterocycles. The Balaban J connectivity index is 3.18. The molecule has 0 aromatic heterocycles. The molecule has 1 aromatic rings. The van der Waals surface area contributed by atoms with Crippen molar-refractivity contribution in [2.24, 2.45) is 5.73 Å². The summed E-state index contributed by atoms with van der Waals surface area (Å²) in [6, 6.07) is 1.47. The van der Waals surface area contributed by atoms with E-state index in [0.717, 1.165) is 6.07 Å². The summed E-state index contributed by atoms with van der Waals surface area (Å²) in [5, 5.41) is 9.14. The molecule has 0 bridgehead atoms. The molecule has 0 amide bonds. The lowest BCUT2D eigenvalue weighted by Gasteiger charge is -2.17. The van der Waals surface area contributed by atoms with Gasteiger partial charge < -0.3 is 10.8 Å². The molecule has 0 fully saturated rings. The summed E-state index contributed by atoms with van der Waals surface area (Å²) < 4.78 is 50.0. The first-order valence-electron chi connectivity index (χ1n) is 4.53. The van der Waals surface area contributed by atoms with Crippen LogP contribution in [0.15, 0.2) is 18.2 Å². The molecule has 6 heteroatoms. The van der Waals surface area contributed by atoms with Crippen LogP contribution in [-0.2, 0) is 6.18 Å². The van der Waals surface area contributed by atoms with Crippen LogP contribution in [0.4, 0.5) is 17.6 Å². The Hall–Kier alpha value is -1.14. The fraction of sp³-hybridized carbons (Fsp3) is 0.400. The maximum Gasteiger partial charge on any atom is 0.419 e. The predicted octanol–water partition coefficient (Wildman–Crippen LogP) is 2.23. The van der Waals surface area contributed by atoms with Gasteiger partial charge in [0.15, 0.2) is 0 Å². The molecule has 0 aliphatic rings. The van der Waals surface area contributed by atoms with Crippen LogP contribution < -0.4 is 5.73 Å². The van der Waals surface area contributed by atoms with Crippen molar-refractivity contribution in [1.82, 2.24) is 0 Å². The van der Waals surface area contributed by atoms with E-state index in [1.54, 1.807) is 0 Å². The molecule has 0 saturated heterocycles. The van der Waals surface area contributed by atoms with Crippen molar-refractivity contribution in [3.05, 3.63) is 35.1 Å². The first kappa shape index (κ1) is 12.9. The summed E-state index contributed by atoms with van der Waals surface area (Å²) in [6.07, 6.45) is -5.77. The smallest absolute Gasteiger partial charge is 0.391 e. The third kappa shape index (κ3) is 2.70. The second-order valence-electron chi connectivity index (χ2n) is 3.50. The maximum atomic E-state index is 12.9. The van der Waals surface area contributed by atoms with Crippen molar-refractivity contribution in [3.63, 3.8) is 0 Å². The average Bonchev–Trinajstić information content (AvgIpc) is 2.15. The number of nitrogens with two attached hydrogens (primary N) is 1. The van der Waals surface area contributed by atoms with E-state index in [1.807, 2.05) is 0 Å². The molecular weight excluding hydrogens is 226 g/mol. The fourth-order valence-corrected chi connectivity index (χ4v) is 1.25. The normalized spacial score (nSPS) is 15.9. The van der Waals surface area contributed by atoms with E-state index in [4.69, 9.17) is 10.8 Å². The second-order valence-corrected chi connectivity index (χ2v) is 3.50. The molecule has 3 N–H and O–H groups in total. The standard InChI is InChI=1S/C10H11F4NO/c1-5(16)9(15)6-2-3-8(11)7(4-6)10(12,13)14/h2-5,9,16H,15H2,1H3. The van der Waals surface area contributed by atoms with Gasteiger partial charge in [-0.1, -0.05) is 6.07 Å². The molecule has 0 aliphatic carbocycles. The first-order chi connectivity index (χ1) is 7.23. The van der Waals surface area contributed by atoms with Gasteiger partial charge in [-0.15, -0.1) is 0 Å². The molecule has 0 radical (unpaired) electrons. The van der Waals surface area contributed by atoms with E-state index in [1.165, 1.54) is 6.92 Å². The van der Waals surface area contributed by atoms with E-state index in [9.17, 15) is 17.6 Å². The Morgan fingerprint density at radius 3 is 2.31 bits per heavy atom. The molecule has 1 rings (SSSR count). The number of hydrogen-bond donors (Lipinski definition) is 2. The Bertz CT molecular complexity index is 376. The van der Waals surface area contributed by atoms with Gasteiger partial charge in [-0.25, -0.2) is 4.39 Å². The Kier molecular flexibility index (Phi) is 3.54. The highest BCUT2D eigenvalue weighted by molar-refractivity contribution is 5.29. The van der Waals surface area contributed by atoms with Crippen molar-refractivity contribution in [2.45, 2.75) is 25.2 Å². The van der Waals surface area contributed by atoms with Crippen LogP contribution in [0.3, 0.4) is 0 Å². The summed E-state index contributed by atoms with van der Waals surface area (Å²) in [5.41, 5.74) is 4.13. The van der Waals surface area contributed by atoms with Crippen molar-refractivity contribution < 1.29 is 22.7 Å². The molecule has 2 nitrogen and oxygen atoms in total. The highest BCUT2D eigenvalue weighted by Gasteiger charge is 2.34. The van der Waals surface area contributed by atoms with Gasteiger partial charge in [0.1, 0.15) is 5.82 Å². The van der Waals surface area contributed by atoms with Crippen LogP contribution in [0.1, 0.15) is 24.1 Å². The quantitative estimate of drug-likeness (QED) is 0.775. The Morgan fingerprint density at radius 1 is 1.31 bits per heavy atom. The lowest BCUT2D eigenvalue weighted by Crippen LogP contribution is -2.24. The van der Waals surface area contributed by atoms with E-state index in [-0.39, 0.29) is 5.56 Å². The van der Waals surface area contributed by atoms with Gasteiger partial charge in [-0.3, -0.25) is 0 Å². The largest absolute Gasteiger partial charge is 0.419 e. The van der Waals surface area contributed by atoms with Crippen molar-refractivity contribution >= 4 is 0 Å². The average molecular weight is 237 g/mol. The van der Waals surface area contributed by atoms with Crippen LogP contribution in [0.5, 0.6) is 0 Å². The van der Waals surface area contributed by atoms with Gasteiger partial charge in [0, 0.05) is 0 Å². The molecule has 2 atom stereocenters. The Labute approximate surface area is 89.7 Å². The number of alkyl halides is 3. The lowest BCUT2D eigenvalue weighted by atomic mass is 10.0. The number of aliphatic hydroxyl groups is 1. The van der Waals surface area contributed by atoms with E-state index >= 15 is 0 Å². The van der Waals surface area contributed by atoms with Gasteiger partial charge in [0.05, 0.1) is 17.7 Å². The molecule has 0 aliphatic heterocycles. The summed E-state index contributed by atoms with van der Waals surface area (Å²) in [5.74, 6) is -1.35. The maximum absolute atomic E-state index is 12.9. The molecule has 0 saturated carbocycles. The highest BCUT2D eigenvalue weighted by Crippen LogP contribution is 2.33. The monoisotopic (exact) mass is 237 g/mol. The van der Waals surface area contributed by atoms with Crippen molar-refractivity contribution in [3.8, 4) is 0 Å². The summed E-state index contributed by atoms with van der Waals surface area (Å²) in [4.78, 5) is 0. The highest BCUT2D eigenvalue weighted by atomic mass is 19.4. The van der Waals surface area contributed by atoms with E-state index < -0.39 is 29.7 Å². The minimum Gasteiger partial charge on any atom is -0.391 e. The van der Waals surface area contributed by atoms with Gasteiger partial charge in [-0.2, -0.15) is 13.2 Å². The predicted molar refractivity (Wildman–Crippen MR) is 50.0 cm³/mol. The van der Waals surface area contributed by atoms with Crippen molar-refractivity contribution in [1.29, 1.82) is 0 Å². The number of hydrogen-bond acceptors (Lipinski definition) is 2. The van der Waals surface area contributed by atoms with Gasteiger partial charge >= 0.3 is 6.18 Å². The minimum absolute atomic E-state index is 0.0451. The van der Waals surface area contributed by atoms with Crippen molar-refractivity contribution in [2.75, 3.05) is 0 Å². The first-order valence-corrected chi connectivity index (χ1v) is 4.53. The zero-order valence-electron chi connectivity index (χ0n) is 8.42. The Morgan fingerprint density at radius 2 is 1.88 bits per heavy atom. The van der Waals surface area contributed by atoms with E-state index in [2.05, 4.69) is 0 Å². The van der Waals surface area contributed by atoms with Crippen LogP contribution >= 0.6 is 0 Å². The van der Waals surface area contributed by atoms with Crippen LogP contribution in [0.25, 0.3) is 0 Å². The SMILES string of the molecule is CC(O)C(N)c1ccc(F)c(C(F)(F)F)c1. The number of rotatable bonds is 2. The van der Waals surface area contributed by atoms with Gasteiger partial charge in [0.2, 0.25) is 0 Å². The third-order valence-electron chi connectivity index (χ3n) is 2.20.